The summed E-state index contributed by atoms with van der Waals surface area (Å²) in [6.07, 6.45) is 0.285. The largest absolute Gasteiger partial charge is 0.481 e. The van der Waals surface area contributed by atoms with Gasteiger partial charge in [0.05, 0.1) is 6.04 Å². The Hall–Kier alpha value is -2.29. The van der Waals surface area contributed by atoms with Gasteiger partial charge in [-0.25, -0.2) is 0 Å². The monoisotopic (exact) mass is 367 g/mol. The molecule has 0 heterocycles. The molecule has 0 saturated carbocycles. The third-order valence-electron chi connectivity index (χ3n) is 5.06. The van der Waals surface area contributed by atoms with Crippen LogP contribution in [-0.2, 0) is 10.2 Å². The van der Waals surface area contributed by atoms with E-state index in [0.717, 1.165) is 12.0 Å². The molecule has 3 nitrogen and oxygen atoms in total. The molecule has 0 bridgehead atoms. The summed E-state index contributed by atoms with van der Waals surface area (Å²) in [5.74, 6) is 0.616. The van der Waals surface area contributed by atoms with Gasteiger partial charge in [0.2, 0.25) is 0 Å². The van der Waals surface area contributed by atoms with E-state index in [1.807, 2.05) is 12.1 Å². The smallest absolute Gasteiger partial charge is 0.261 e. The minimum atomic E-state index is -0.550. The first-order valence-electron chi connectivity index (χ1n) is 9.76. The van der Waals surface area contributed by atoms with Crippen LogP contribution in [0.3, 0.4) is 0 Å². The van der Waals surface area contributed by atoms with Gasteiger partial charge in [-0.2, -0.15) is 0 Å². The highest BCUT2D eigenvalue weighted by molar-refractivity contribution is 5.81. The lowest BCUT2D eigenvalue weighted by molar-refractivity contribution is -0.128. The Morgan fingerprint density at radius 1 is 1.04 bits per heavy atom. The number of carbonyl (C=O) groups excluding carboxylic acids is 1. The van der Waals surface area contributed by atoms with Crippen LogP contribution in [0.1, 0.15) is 69.3 Å². The Labute approximate surface area is 164 Å². The molecule has 1 amide bonds. The van der Waals surface area contributed by atoms with Crippen molar-refractivity contribution in [3.8, 4) is 5.75 Å². The van der Waals surface area contributed by atoms with Gasteiger partial charge in [-0.1, -0.05) is 58.0 Å². The summed E-state index contributed by atoms with van der Waals surface area (Å²) in [7, 11) is 0. The van der Waals surface area contributed by atoms with Gasteiger partial charge in [0.15, 0.2) is 6.10 Å². The fraction of sp³-hybridized carbons (Fsp3) is 0.458. The maximum atomic E-state index is 12.6. The molecule has 0 aliphatic heterocycles. The van der Waals surface area contributed by atoms with Crippen LogP contribution < -0.4 is 10.1 Å². The van der Waals surface area contributed by atoms with Crippen LogP contribution in [-0.4, -0.2) is 12.0 Å². The van der Waals surface area contributed by atoms with Crippen molar-refractivity contribution in [2.45, 2.75) is 72.4 Å². The van der Waals surface area contributed by atoms with Gasteiger partial charge in [0.25, 0.3) is 5.91 Å². The zero-order chi connectivity index (χ0) is 20.2. The van der Waals surface area contributed by atoms with Crippen molar-refractivity contribution in [3.63, 3.8) is 0 Å². The first-order chi connectivity index (χ1) is 12.6. The average molecular weight is 368 g/mol. The third kappa shape index (κ3) is 5.59. The van der Waals surface area contributed by atoms with Gasteiger partial charge >= 0.3 is 0 Å². The summed E-state index contributed by atoms with van der Waals surface area (Å²) in [4.78, 5) is 12.6. The fourth-order valence-electron chi connectivity index (χ4n) is 2.98. The molecule has 0 saturated heterocycles. The first kappa shape index (κ1) is 21.0. The second-order valence-electron chi connectivity index (χ2n) is 8.35. The lowest BCUT2D eigenvalue weighted by Crippen LogP contribution is -2.38. The van der Waals surface area contributed by atoms with E-state index >= 15 is 0 Å². The lowest BCUT2D eigenvalue weighted by Gasteiger charge is -2.22. The molecular formula is C24H33NO2. The number of ether oxygens (including phenoxy) is 1. The van der Waals surface area contributed by atoms with Crippen LogP contribution in [0, 0.1) is 13.8 Å². The molecule has 1 N–H and O–H groups in total. The van der Waals surface area contributed by atoms with Crippen molar-refractivity contribution in [1.82, 2.24) is 5.32 Å². The molecule has 27 heavy (non-hydrogen) atoms. The summed E-state index contributed by atoms with van der Waals surface area (Å²) in [5, 5.41) is 3.12. The number of benzene rings is 2. The summed E-state index contributed by atoms with van der Waals surface area (Å²) in [6, 6.07) is 14.3. The van der Waals surface area contributed by atoms with Gasteiger partial charge in [-0.05, 0) is 67.0 Å². The molecular weight excluding hydrogens is 334 g/mol. The van der Waals surface area contributed by atoms with Gasteiger partial charge in [0.1, 0.15) is 5.75 Å². The van der Waals surface area contributed by atoms with Crippen molar-refractivity contribution in [2.75, 3.05) is 0 Å². The summed E-state index contributed by atoms with van der Waals surface area (Å²) in [5.41, 5.74) is 4.98. The van der Waals surface area contributed by atoms with E-state index in [9.17, 15) is 4.79 Å². The van der Waals surface area contributed by atoms with E-state index in [-0.39, 0.29) is 17.4 Å². The highest BCUT2D eigenvalue weighted by atomic mass is 16.5. The number of nitrogens with one attached hydrogen (secondary N) is 1. The predicted octanol–water partition coefficient (Wildman–Crippen LogP) is 5.64. The molecule has 2 aromatic rings. The Morgan fingerprint density at radius 3 is 2.19 bits per heavy atom. The van der Waals surface area contributed by atoms with Crippen LogP contribution in [0.2, 0.25) is 0 Å². The van der Waals surface area contributed by atoms with E-state index in [1.54, 1.807) is 6.92 Å². The van der Waals surface area contributed by atoms with Crippen LogP contribution in [0.5, 0.6) is 5.75 Å². The Kier molecular flexibility index (Phi) is 6.69. The molecule has 0 unspecified atom stereocenters. The van der Waals surface area contributed by atoms with Crippen LogP contribution in [0.25, 0.3) is 0 Å². The number of aryl methyl sites for hydroxylation is 2. The normalized spacial score (nSPS) is 13.7. The standard InChI is InChI=1S/C24H33NO2/c1-8-22(19-10-9-16(2)17(3)15-19)25-23(26)18(4)27-21-13-11-20(12-14-21)24(5,6)7/h9-15,18,22H,8H2,1-7H3,(H,25,26)/t18-,22-/m0/s1. The van der Waals surface area contributed by atoms with Gasteiger partial charge < -0.3 is 10.1 Å². The van der Waals surface area contributed by atoms with Crippen LogP contribution >= 0.6 is 0 Å². The number of rotatable bonds is 6. The molecule has 0 aromatic heterocycles. The van der Waals surface area contributed by atoms with Crippen molar-refractivity contribution in [2.24, 2.45) is 0 Å². The first-order valence-corrected chi connectivity index (χ1v) is 9.76. The van der Waals surface area contributed by atoms with E-state index < -0.39 is 6.10 Å². The molecule has 0 radical (unpaired) electrons. The third-order valence-corrected chi connectivity index (χ3v) is 5.06. The molecule has 2 atom stereocenters. The quantitative estimate of drug-likeness (QED) is 0.718. The van der Waals surface area contributed by atoms with Gasteiger partial charge in [-0.3, -0.25) is 4.79 Å². The Balaban J connectivity index is 2.02. The number of hydrogen-bond acceptors (Lipinski definition) is 2. The molecule has 0 fully saturated rings. The second kappa shape index (κ2) is 8.60. The molecule has 146 valence electrons. The predicted molar refractivity (Wildman–Crippen MR) is 112 cm³/mol. The van der Waals surface area contributed by atoms with E-state index in [4.69, 9.17) is 4.74 Å². The van der Waals surface area contributed by atoms with Crippen molar-refractivity contribution in [1.29, 1.82) is 0 Å². The number of carbonyl (C=O) groups is 1. The van der Waals surface area contributed by atoms with Crippen LogP contribution in [0.15, 0.2) is 42.5 Å². The minimum absolute atomic E-state index is 0.00823. The highest BCUT2D eigenvalue weighted by Crippen LogP contribution is 2.25. The summed E-state index contributed by atoms with van der Waals surface area (Å²) >= 11 is 0. The highest BCUT2D eigenvalue weighted by Gasteiger charge is 2.20. The zero-order valence-electron chi connectivity index (χ0n) is 17.7. The molecule has 2 rings (SSSR count). The number of hydrogen-bond donors (Lipinski definition) is 1. The lowest BCUT2D eigenvalue weighted by atomic mass is 9.87. The van der Waals surface area contributed by atoms with E-state index in [1.165, 1.54) is 16.7 Å². The molecule has 2 aromatic carbocycles. The average Bonchev–Trinajstić information content (AvgIpc) is 2.61. The molecule has 3 heteroatoms. The Bertz CT molecular complexity index is 772. The number of amides is 1. The molecule has 0 aliphatic rings. The van der Waals surface area contributed by atoms with Crippen LogP contribution in [0.4, 0.5) is 0 Å². The van der Waals surface area contributed by atoms with Gasteiger partial charge in [-0.15, -0.1) is 0 Å². The summed E-state index contributed by atoms with van der Waals surface area (Å²) < 4.78 is 5.86. The maximum absolute atomic E-state index is 12.6. The summed E-state index contributed by atoms with van der Waals surface area (Å²) in [6.45, 7) is 14.6. The fourth-order valence-corrected chi connectivity index (χ4v) is 2.98. The van der Waals surface area contributed by atoms with E-state index in [0.29, 0.717) is 5.75 Å². The van der Waals surface area contributed by atoms with E-state index in [2.05, 4.69) is 77.2 Å². The maximum Gasteiger partial charge on any atom is 0.261 e. The topological polar surface area (TPSA) is 38.3 Å². The SMILES string of the molecule is CC[C@H](NC(=O)[C@H](C)Oc1ccc(C(C)(C)C)cc1)c1ccc(C)c(C)c1. The van der Waals surface area contributed by atoms with Crippen molar-refractivity contribution in [3.05, 3.63) is 64.7 Å². The molecule has 0 spiro atoms. The van der Waals surface area contributed by atoms with Crippen molar-refractivity contribution < 1.29 is 9.53 Å². The zero-order valence-corrected chi connectivity index (χ0v) is 17.7. The van der Waals surface area contributed by atoms with Gasteiger partial charge in [0, 0.05) is 0 Å². The Morgan fingerprint density at radius 2 is 1.67 bits per heavy atom. The minimum Gasteiger partial charge on any atom is -0.481 e. The second-order valence-corrected chi connectivity index (χ2v) is 8.35. The van der Waals surface area contributed by atoms with Crippen molar-refractivity contribution >= 4 is 5.91 Å². The molecule has 0 aliphatic carbocycles.